The fraction of sp³-hybridized carbons (Fsp3) is 0.455. The summed E-state index contributed by atoms with van der Waals surface area (Å²) < 4.78 is 5.45. The Kier molecular flexibility index (Phi) is 4.86. The highest BCUT2D eigenvalue weighted by atomic mass is 35.5. The summed E-state index contributed by atoms with van der Waals surface area (Å²) in [6, 6.07) is 6.08. The number of anilines is 3. The first-order chi connectivity index (χ1) is 14.9. The number of hydrogen-bond acceptors (Lipinski definition) is 8. The van der Waals surface area contributed by atoms with Gasteiger partial charge in [0.05, 0.1) is 19.3 Å². The van der Waals surface area contributed by atoms with Gasteiger partial charge in [-0.3, -0.25) is 9.79 Å². The molecular formula is C22H25ClN6O2. The molecule has 0 radical (unpaired) electrons. The van der Waals surface area contributed by atoms with Crippen LogP contribution in [0.4, 0.5) is 17.5 Å². The van der Waals surface area contributed by atoms with E-state index in [1.165, 1.54) is 5.56 Å². The van der Waals surface area contributed by atoms with Crippen molar-refractivity contribution < 1.29 is 9.53 Å². The molecule has 0 aliphatic carbocycles. The van der Waals surface area contributed by atoms with Crippen molar-refractivity contribution in [3.63, 3.8) is 0 Å². The summed E-state index contributed by atoms with van der Waals surface area (Å²) in [7, 11) is 0. The number of esters is 1. The number of carbonyl (C=O) groups excluding carboxylic acids is 1. The zero-order chi connectivity index (χ0) is 21.6. The molecule has 162 valence electrons. The van der Waals surface area contributed by atoms with E-state index in [1.54, 1.807) is 6.20 Å². The van der Waals surface area contributed by atoms with E-state index < -0.39 is 5.41 Å². The van der Waals surface area contributed by atoms with E-state index in [2.05, 4.69) is 38.5 Å². The lowest BCUT2D eigenvalue weighted by Gasteiger charge is -2.32. The second-order valence-corrected chi connectivity index (χ2v) is 9.10. The van der Waals surface area contributed by atoms with Gasteiger partial charge in [0.1, 0.15) is 10.4 Å². The largest absolute Gasteiger partial charge is 0.465 e. The number of carbonyl (C=O) groups is 1. The van der Waals surface area contributed by atoms with Crippen LogP contribution in [0.1, 0.15) is 25.0 Å². The third-order valence-corrected chi connectivity index (χ3v) is 6.96. The summed E-state index contributed by atoms with van der Waals surface area (Å²) in [6.07, 6.45) is 3.48. The van der Waals surface area contributed by atoms with Gasteiger partial charge in [-0.1, -0.05) is 24.6 Å². The lowest BCUT2D eigenvalue weighted by atomic mass is 9.69. The molecule has 2 aromatic rings. The van der Waals surface area contributed by atoms with Crippen molar-refractivity contribution in [3.05, 3.63) is 40.5 Å². The monoisotopic (exact) mass is 440 g/mol. The normalized spacial score (nSPS) is 26.1. The first kappa shape index (κ1) is 20.2. The molecule has 5 rings (SSSR count). The van der Waals surface area contributed by atoms with E-state index in [9.17, 15) is 4.79 Å². The lowest BCUT2D eigenvalue weighted by molar-refractivity contribution is -0.157. The summed E-state index contributed by atoms with van der Waals surface area (Å²) in [5.41, 5.74) is 2.32. The number of rotatable bonds is 5. The minimum Gasteiger partial charge on any atom is -0.465 e. The van der Waals surface area contributed by atoms with E-state index in [1.807, 2.05) is 25.3 Å². The van der Waals surface area contributed by atoms with Crippen molar-refractivity contribution in [1.29, 1.82) is 0 Å². The Balaban J connectivity index is 1.42. The molecule has 8 nitrogen and oxygen atoms in total. The van der Waals surface area contributed by atoms with E-state index in [0.29, 0.717) is 43.0 Å². The standard InChI is InChI=1S/C22H25ClN6O2/c1-3-31-19(30)22-11-25-10-21(22,2)12-29(13-22)20-26-9-17(23)18(28-20)27-16-5-4-14-7-24-8-15(14)6-16/h4-6,8-9,25H,3,7,10-13H2,1-2H3,(H,26,27,28). The molecule has 9 heteroatoms. The maximum absolute atomic E-state index is 12.9. The highest BCUT2D eigenvalue weighted by Gasteiger charge is 2.63. The van der Waals surface area contributed by atoms with Crippen LogP contribution in [0.5, 0.6) is 0 Å². The third-order valence-electron chi connectivity index (χ3n) is 6.68. The van der Waals surface area contributed by atoms with Crippen molar-refractivity contribution in [1.82, 2.24) is 15.3 Å². The smallest absolute Gasteiger partial charge is 0.315 e. The Bertz CT molecular complexity index is 1080. The number of nitrogens with zero attached hydrogens (tertiary/aromatic N) is 4. The number of hydrogen-bond donors (Lipinski definition) is 2. The van der Waals surface area contributed by atoms with Gasteiger partial charge in [0, 0.05) is 43.5 Å². The van der Waals surface area contributed by atoms with Crippen molar-refractivity contribution in [2.24, 2.45) is 15.8 Å². The molecule has 1 aromatic carbocycles. The Hall–Kier alpha value is -2.71. The van der Waals surface area contributed by atoms with Gasteiger partial charge >= 0.3 is 5.97 Å². The maximum Gasteiger partial charge on any atom is 0.315 e. The number of ether oxygens (including phenoxy) is 1. The maximum atomic E-state index is 12.9. The highest BCUT2D eigenvalue weighted by Crippen LogP contribution is 2.50. The minimum atomic E-state index is -0.612. The zero-order valence-corrected chi connectivity index (χ0v) is 18.4. The first-order valence-electron chi connectivity index (χ1n) is 10.5. The molecule has 2 N–H and O–H groups in total. The second-order valence-electron chi connectivity index (χ2n) is 8.70. The number of benzene rings is 1. The fourth-order valence-corrected chi connectivity index (χ4v) is 5.04. The average Bonchev–Trinajstić information content (AvgIpc) is 3.41. The number of halogens is 1. The van der Waals surface area contributed by atoms with E-state index in [-0.39, 0.29) is 11.4 Å². The summed E-state index contributed by atoms with van der Waals surface area (Å²) in [4.78, 5) is 28.4. The van der Waals surface area contributed by atoms with Crippen LogP contribution in [-0.2, 0) is 16.1 Å². The van der Waals surface area contributed by atoms with Crippen molar-refractivity contribution >= 4 is 41.2 Å². The van der Waals surface area contributed by atoms with Crippen LogP contribution in [0.15, 0.2) is 29.4 Å². The van der Waals surface area contributed by atoms with Crippen LogP contribution in [0.25, 0.3) is 0 Å². The quantitative estimate of drug-likeness (QED) is 0.690. The third kappa shape index (κ3) is 3.25. The molecule has 1 aromatic heterocycles. The van der Waals surface area contributed by atoms with E-state index in [0.717, 1.165) is 24.3 Å². The fourth-order valence-electron chi connectivity index (χ4n) is 4.90. The Morgan fingerprint density at radius 3 is 3.06 bits per heavy atom. The molecule has 2 unspecified atom stereocenters. The molecule has 0 saturated carbocycles. The molecule has 2 saturated heterocycles. The van der Waals surface area contributed by atoms with Crippen LogP contribution in [0, 0.1) is 10.8 Å². The number of aliphatic imine (C=N–C) groups is 1. The second kappa shape index (κ2) is 7.46. The molecule has 0 bridgehead atoms. The average molecular weight is 441 g/mol. The van der Waals surface area contributed by atoms with Crippen LogP contribution in [0.3, 0.4) is 0 Å². The summed E-state index contributed by atoms with van der Waals surface area (Å²) in [5, 5.41) is 7.12. The number of fused-ring (bicyclic) bond motifs is 2. The molecule has 3 aliphatic heterocycles. The Morgan fingerprint density at radius 2 is 2.23 bits per heavy atom. The minimum absolute atomic E-state index is 0.155. The van der Waals surface area contributed by atoms with Gasteiger partial charge in [0.15, 0.2) is 5.82 Å². The van der Waals surface area contributed by atoms with E-state index in [4.69, 9.17) is 21.3 Å². The van der Waals surface area contributed by atoms with Crippen molar-refractivity contribution in [2.75, 3.05) is 43.0 Å². The summed E-state index contributed by atoms with van der Waals surface area (Å²) >= 11 is 6.40. The van der Waals surface area contributed by atoms with Gasteiger partial charge < -0.3 is 20.3 Å². The Morgan fingerprint density at radius 1 is 1.35 bits per heavy atom. The van der Waals surface area contributed by atoms with Crippen LogP contribution >= 0.6 is 11.6 Å². The molecule has 0 spiro atoms. The Labute approximate surface area is 186 Å². The SMILES string of the molecule is CCOC(=O)C12CNCC1(C)CN(c1ncc(Cl)c(Nc3ccc4c(c3)C=NC4)n1)C2. The van der Waals surface area contributed by atoms with Crippen LogP contribution in [-0.4, -0.2) is 54.9 Å². The lowest BCUT2D eigenvalue weighted by Crippen LogP contribution is -2.46. The molecule has 2 fully saturated rings. The van der Waals surface area contributed by atoms with Gasteiger partial charge in [-0.05, 0) is 30.2 Å². The number of nitrogens with one attached hydrogen (secondary N) is 2. The first-order valence-corrected chi connectivity index (χ1v) is 10.9. The highest BCUT2D eigenvalue weighted by molar-refractivity contribution is 6.32. The summed E-state index contributed by atoms with van der Waals surface area (Å²) in [6.45, 7) is 7.57. The van der Waals surface area contributed by atoms with Gasteiger partial charge in [-0.25, -0.2) is 4.98 Å². The van der Waals surface area contributed by atoms with Gasteiger partial charge in [0.2, 0.25) is 5.95 Å². The molecule has 4 heterocycles. The molecule has 31 heavy (non-hydrogen) atoms. The van der Waals surface area contributed by atoms with Crippen LogP contribution < -0.4 is 15.5 Å². The molecule has 2 atom stereocenters. The zero-order valence-electron chi connectivity index (χ0n) is 17.6. The van der Waals surface area contributed by atoms with Crippen LogP contribution in [0.2, 0.25) is 5.02 Å². The molecule has 0 amide bonds. The topological polar surface area (TPSA) is 91.7 Å². The summed E-state index contributed by atoms with van der Waals surface area (Å²) in [5.74, 6) is 0.929. The molecular weight excluding hydrogens is 416 g/mol. The van der Waals surface area contributed by atoms with Crippen molar-refractivity contribution in [3.8, 4) is 0 Å². The van der Waals surface area contributed by atoms with Gasteiger partial charge in [-0.2, -0.15) is 4.98 Å². The van der Waals surface area contributed by atoms with E-state index >= 15 is 0 Å². The predicted octanol–water partition coefficient (Wildman–Crippen LogP) is 2.79. The number of aromatic nitrogens is 2. The van der Waals surface area contributed by atoms with Crippen molar-refractivity contribution in [2.45, 2.75) is 20.4 Å². The van der Waals surface area contributed by atoms with Gasteiger partial charge in [0.25, 0.3) is 0 Å². The predicted molar refractivity (Wildman–Crippen MR) is 120 cm³/mol. The van der Waals surface area contributed by atoms with Gasteiger partial charge in [-0.15, -0.1) is 0 Å². The molecule has 3 aliphatic rings.